The van der Waals surface area contributed by atoms with Gasteiger partial charge in [-0.2, -0.15) is 0 Å². The van der Waals surface area contributed by atoms with Crippen LogP contribution in [0.2, 0.25) is 0 Å². The topological polar surface area (TPSA) is 100 Å². The number of carboxylic acid groups (broad SMARTS) is 1. The number of nitrogen functional groups attached to an aromatic ring is 1. The highest BCUT2D eigenvalue weighted by molar-refractivity contribution is 6.07. The number of aromatic carboxylic acids is 1. The van der Waals surface area contributed by atoms with Gasteiger partial charge in [0.2, 0.25) is 0 Å². The number of hydrogen-bond acceptors (Lipinski definition) is 4. The van der Waals surface area contributed by atoms with Crippen LogP contribution in [0.4, 0.5) is 5.69 Å². The van der Waals surface area contributed by atoms with Crippen LogP contribution in [0.3, 0.4) is 0 Å². The first-order valence-electron chi connectivity index (χ1n) is 12.4. The smallest absolute Gasteiger partial charge is 0.336 e. The van der Waals surface area contributed by atoms with Gasteiger partial charge in [0.25, 0.3) is 0 Å². The molecule has 4 rings (SSSR count). The van der Waals surface area contributed by atoms with Gasteiger partial charge in [0.1, 0.15) is 11.3 Å². The molecule has 0 aromatic heterocycles. The van der Waals surface area contributed by atoms with Crippen LogP contribution < -0.4 is 11.1 Å². The summed E-state index contributed by atoms with van der Waals surface area (Å²) in [5.74, 6) is 0.353. The maximum atomic E-state index is 11.7. The molecule has 0 fully saturated rings. The lowest BCUT2D eigenvalue weighted by Gasteiger charge is -2.16. The van der Waals surface area contributed by atoms with Crippen LogP contribution in [0.1, 0.15) is 72.7 Å². The summed E-state index contributed by atoms with van der Waals surface area (Å²) < 4.78 is 5.92. The van der Waals surface area contributed by atoms with Gasteiger partial charge in [-0.3, -0.25) is 0 Å². The van der Waals surface area contributed by atoms with E-state index >= 15 is 0 Å². The Hall–Kier alpha value is -3.60. The van der Waals surface area contributed by atoms with Gasteiger partial charge >= 0.3 is 5.97 Å². The molecule has 2 aliphatic rings. The Morgan fingerprint density at radius 3 is 2.00 bits per heavy atom. The van der Waals surface area contributed by atoms with Gasteiger partial charge in [-0.15, -0.1) is 0 Å². The molecule has 0 bridgehead atoms. The highest BCUT2D eigenvalue weighted by Crippen LogP contribution is 2.41. The molecule has 5 nitrogen and oxygen atoms in total. The zero-order valence-electron chi connectivity index (χ0n) is 22.7. The van der Waals surface area contributed by atoms with Gasteiger partial charge in [-0.05, 0) is 41.8 Å². The summed E-state index contributed by atoms with van der Waals surface area (Å²) in [6, 6.07) is 17.2. The van der Waals surface area contributed by atoms with Crippen LogP contribution in [-0.2, 0) is 0 Å². The molecular formula is C30H42N2O3. The maximum absolute atomic E-state index is 11.7. The van der Waals surface area contributed by atoms with E-state index in [1.807, 2.05) is 47.6 Å². The normalized spacial score (nSPS) is 9.43. The van der Waals surface area contributed by atoms with E-state index in [9.17, 15) is 9.90 Å². The molecule has 35 heavy (non-hydrogen) atoms. The number of carboxylic acids is 1. The van der Waals surface area contributed by atoms with Crippen molar-refractivity contribution in [3.8, 4) is 22.5 Å². The van der Waals surface area contributed by atoms with Gasteiger partial charge in [-0.25, -0.2) is 4.79 Å². The summed E-state index contributed by atoms with van der Waals surface area (Å²) >= 11 is 0. The Bertz CT molecular complexity index is 1210. The number of anilines is 1. The number of carbonyl (C=O) groups is 1. The molecule has 2 aromatic carbocycles. The number of benzene rings is 3. The third-order valence-electron chi connectivity index (χ3n) is 4.17. The van der Waals surface area contributed by atoms with Gasteiger partial charge < -0.3 is 20.7 Å². The van der Waals surface area contributed by atoms with Crippen molar-refractivity contribution >= 4 is 22.6 Å². The standard InChI is InChI=1S/C20H14N2O3.C4H10.3C2H6/c21-11-5-7-15-17(9-11)25-18-10-12(22)6-8-16(18)19(15)13-3-1-2-4-14(13)20(23)24;1-4(2)3;3*1-2/h1-10,21H,22H2,(H,23,24);4H,1-3H3;3*1-2H3. The molecule has 0 saturated heterocycles. The first-order valence-corrected chi connectivity index (χ1v) is 12.4. The molecule has 4 N–H and O–H groups in total. The van der Waals surface area contributed by atoms with Gasteiger partial charge in [-0.1, -0.05) is 80.5 Å². The SMILES string of the molecule is CC.CC.CC.CC(C)C.N=c1ccc2c(-c3ccccc3C(=O)O)c3ccc(N)cc3oc-2c1. The Labute approximate surface area is 210 Å². The van der Waals surface area contributed by atoms with Crippen LogP contribution in [0.5, 0.6) is 0 Å². The largest absolute Gasteiger partial charge is 0.478 e. The first-order chi connectivity index (χ1) is 16.8. The molecule has 0 amide bonds. The summed E-state index contributed by atoms with van der Waals surface area (Å²) in [4.78, 5) is 11.7. The van der Waals surface area contributed by atoms with E-state index in [0.717, 1.165) is 22.4 Å². The minimum atomic E-state index is -0.995. The number of fused-ring (bicyclic) bond motifs is 2. The average Bonchev–Trinajstić information content (AvgIpc) is 2.85. The fourth-order valence-electron chi connectivity index (χ4n) is 3.08. The second-order valence-electron chi connectivity index (χ2n) is 7.53. The van der Waals surface area contributed by atoms with E-state index in [1.54, 1.807) is 54.6 Å². The van der Waals surface area contributed by atoms with E-state index in [1.165, 1.54) is 0 Å². The molecule has 0 spiro atoms. The lowest BCUT2D eigenvalue weighted by molar-refractivity contribution is 0.0697. The molecule has 0 saturated carbocycles. The molecule has 190 valence electrons. The Balaban J connectivity index is 0.00000102. The van der Waals surface area contributed by atoms with Crippen LogP contribution >= 0.6 is 0 Å². The van der Waals surface area contributed by atoms with E-state index in [4.69, 9.17) is 15.6 Å². The van der Waals surface area contributed by atoms with Crippen molar-refractivity contribution in [1.82, 2.24) is 0 Å². The molecule has 0 unspecified atom stereocenters. The first kappa shape index (κ1) is 31.4. The zero-order chi connectivity index (χ0) is 27.1. The van der Waals surface area contributed by atoms with Crippen LogP contribution in [0.15, 0.2) is 65.1 Å². The molecule has 0 atom stereocenters. The third kappa shape index (κ3) is 8.60. The molecule has 1 heterocycles. The van der Waals surface area contributed by atoms with Crippen LogP contribution in [0, 0.1) is 11.3 Å². The molecule has 1 aliphatic carbocycles. The predicted octanol–water partition coefficient (Wildman–Crippen LogP) is 8.71. The van der Waals surface area contributed by atoms with Gasteiger partial charge in [0, 0.05) is 34.3 Å². The molecule has 1 aliphatic heterocycles. The lowest BCUT2D eigenvalue weighted by Crippen LogP contribution is -2.03. The number of nitrogens with one attached hydrogen (secondary N) is 1. The monoisotopic (exact) mass is 478 g/mol. The van der Waals surface area contributed by atoms with Gasteiger partial charge in [0.05, 0.1) is 10.9 Å². The summed E-state index contributed by atoms with van der Waals surface area (Å²) in [6.45, 7) is 18.5. The number of hydrogen-bond donors (Lipinski definition) is 3. The van der Waals surface area contributed by atoms with E-state index in [2.05, 4.69) is 20.8 Å². The van der Waals surface area contributed by atoms with Crippen molar-refractivity contribution in [2.75, 3.05) is 5.73 Å². The summed E-state index contributed by atoms with van der Waals surface area (Å²) in [5, 5.41) is 18.5. The summed E-state index contributed by atoms with van der Waals surface area (Å²) in [5.41, 5.74) is 9.30. The van der Waals surface area contributed by atoms with Crippen molar-refractivity contribution in [2.45, 2.75) is 62.3 Å². The van der Waals surface area contributed by atoms with Crippen molar-refractivity contribution in [3.63, 3.8) is 0 Å². The van der Waals surface area contributed by atoms with Crippen molar-refractivity contribution in [3.05, 3.63) is 71.6 Å². The second-order valence-corrected chi connectivity index (χ2v) is 7.53. The lowest BCUT2D eigenvalue weighted by atomic mass is 9.91. The second kappa shape index (κ2) is 16.1. The number of nitrogens with two attached hydrogens (primary N) is 1. The highest BCUT2D eigenvalue weighted by atomic mass is 16.4. The fourth-order valence-corrected chi connectivity index (χ4v) is 3.08. The third-order valence-corrected chi connectivity index (χ3v) is 4.17. The van der Waals surface area contributed by atoms with Crippen LogP contribution in [-0.4, -0.2) is 11.1 Å². The van der Waals surface area contributed by atoms with Crippen molar-refractivity contribution in [1.29, 1.82) is 5.41 Å². The van der Waals surface area contributed by atoms with Crippen molar-refractivity contribution in [2.24, 2.45) is 5.92 Å². The highest BCUT2D eigenvalue weighted by Gasteiger charge is 2.20. The Morgan fingerprint density at radius 2 is 1.43 bits per heavy atom. The minimum Gasteiger partial charge on any atom is -0.478 e. The summed E-state index contributed by atoms with van der Waals surface area (Å²) in [7, 11) is 0. The molecule has 5 heteroatoms. The molecule has 2 aromatic rings. The van der Waals surface area contributed by atoms with E-state index < -0.39 is 5.97 Å². The number of rotatable bonds is 2. The minimum absolute atomic E-state index is 0.211. The quantitative estimate of drug-likeness (QED) is 0.198. The Morgan fingerprint density at radius 1 is 0.857 bits per heavy atom. The molecule has 0 radical (unpaired) electrons. The fraction of sp³-hybridized carbons (Fsp3) is 0.333. The summed E-state index contributed by atoms with van der Waals surface area (Å²) in [6.07, 6.45) is 0. The van der Waals surface area contributed by atoms with Gasteiger partial charge in [0.15, 0.2) is 0 Å². The van der Waals surface area contributed by atoms with E-state index in [-0.39, 0.29) is 5.56 Å². The maximum Gasteiger partial charge on any atom is 0.336 e. The average molecular weight is 479 g/mol. The van der Waals surface area contributed by atoms with Crippen LogP contribution in [0.25, 0.3) is 33.4 Å². The van der Waals surface area contributed by atoms with E-state index in [0.29, 0.717) is 28.0 Å². The Kier molecular flexibility index (Phi) is 14.4. The predicted molar refractivity (Wildman–Crippen MR) is 150 cm³/mol. The molecular weight excluding hydrogens is 436 g/mol. The van der Waals surface area contributed by atoms with Crippen molar-refractivity contribution < 1.29 is 14.3 Å². The zero-order valence-corrected chi connectivity index (χ0v) is 22.7.